The molecule has 0 aliphatic heterocycles. The smallest absolute Gasteiger partial charge is 0.336 e. The Hall–Kier alpha value is -4.20. The van der Waals surface area contributed by atoms with Gasteiger partial charge in [-0.2, -0.15) is 0 Å². The molecular weight excluding hydrogens is 433 g/mol. The number of H-pyrrole nitrogens is 1. The van der Waals surface area contributed by atoms with E-state index in [-0.39, 0.29) is 11.4 Å². The molecule has 34 heavy (non-hydrogen) atoms. The Morgan fingerprint density at radius 3 is 2.68 bits per heavy atom. The molecule has 0 atom stereocenters. The average Bonchev–Trinajstić information content (AvgIpc) is 3.14. The normalized spacial score (nSPS) is 11.3. The molecule has 5 aromatic rings. The number of benzene rings is 2. The maximum atomic E-state index is 14.2. The lowest BCUT2D eigenvalue weighted by Gasteiger charge is -2.10. The van der Waals surface area contributed by atoms with E-state index in [1.54, 1.807) is 6.07 Å². The van der Waals surface area contributed by atoms with E-state index in [0.717, 1.165) is 38.8 Å². The molecule has 3 N–H and O–H groups in total. The van der Waals surface area contributed by atoms with Gasteiger partial charge >= 0.3 is 5.63 Å². The van der Waals surface area contributed by atoms with Crippen LogP contribution >= 0.6 is 0 Å². The first-order chi connectivity index (χ1) is 16.4. The fourth-order valence-corrected chi connectivity index (χ4v) is 4.34. The summed E-state index contributed by atoms with van der Waals surface area (Å²) in [6, 6.07) is 12.2. The quantitative estimate of drug-likeness (QED) is 0.290. The van der Waals surface area contributed by atoms with E-state index in [0.29, 0.717) is 35.7 Å². The van der Waals surface area contributed by atoms with Gasteiger partial charge in [0, 0.05) is 46.9 Å². The van der Waals surface area contributed by atoms with E-state index in [9.17, 15) is 9.18 Å². The Kier molecular flexibility index (Phi) is 5.49. The van der Waals surface area contributed by atoms with Crippen molar-refractivity contribution in [1.82, 2.24) is 15.0 Å². The van der Waals surface area contributed by atoms with Crippen molar-refractivity contribution in [3.05, 3.63) is 87.4 Å². The molecule has 3 aromatic heterocycles. The van der Waals surface area contributed by atoms with Crippen LogP contribution in [-0.4, -0.2) is 21.5 Å². The van der Waals surface area contributed by atoms with Crippen LogP contribution in [0.5, 0.6) is 0 Å². The van der Waals surface area contributed by atoms with E-state index < -0.39 is 0 Å². The molecule has 0 saturated carbocycles. The van der Waals surface area contributed by atoms with Gasteiger partial charge in [0.2, 0.25) is 0 Å². The van der Waals surface area contributed by atoms with Crippen molar-refractivity contribution in [2.24, 2.45) is 0 Å². The minimum atomic E-state index is -0.376. The summed E-state index contributed by atoms with van der Waals surface area (Å²) >= 11 is 0. The van der Waals surface area contributed by atoms with Crippen molar-refractivity contribution in [2.45, 2.75) is 27.2 Å². The molecule has 3 heterocycles. The fraction of sp³-hybridized carbons (Fsp3) is 0.192. The van der Waals surface area contributed by atoms with Crippen molar-refractivity contribution < 1.29 is 8.81 Å². The number of fused-ring (bicyclic) bond motifs is 2. The predicted molar refractivity (Wildman–Crippen MR) is 132 cm³/mol. The van der Waals surface area contributed by atoms with Gasteiger partial charge in [-0.15, -0.1) is 0 Å². The van der Waals surface area contributed by atoms with Crippen LogP contribution in [0.2, 0.25) is 0 Å². The average molecular weight is 458 g/mol. The molecule has 0 saturated heterocycles. The van der Waals surface area contributed by atoms with E-state index in [1.165, 1.54) is 18.5 Å². The number of anilines is 3. The van der Waals surface area contributed by atoms with E-state index >= 15 is 0 Å². The van der Waals surface area contributed by atoms with Gasteiger partial charge in [-0.1, -0.05) is 6.07 Å². The monoisotopic (exact) mass is 457 g/mol. The lowest BCUT2D eigenvalue weighted by Crippen LogP contribution is -2.08. The Bertz CT molecular complexity index is 1590. The van der Waals surface area contributed by atoms with Crippen LogP contribution in [0.4, 0.5) is 21.7 Å². The maximum absolute atomic E-state index is 14.2. The maximum Gasteiger partial charge on any atom is 0.336 e. The van der Waals surface area contributed by atoms with Crippen LogP contribution in [0.25, 0.3) is 21.9 Å². The first-order valence-corrected chi connectivity index (χ1v) is 11.0. The molecule has 0 spiro atoms. The highest BCUT2D eigenvalue weighted by Crippen LogP contribution is 2.28. The zero-order valence-corrected chi connectivity index (χ0v) is 19.1. The Labute approximate surface area is 195 Å². The summed E-state index contributed by atoms with van der Waals surface area (Å²) in [5.41, 5.74) is 5.43. The number of hydrogen-bond donors (Lipinski definition) is 3. The molecule has 0 amide bonds. The van der Waals surface area contributed by atoms with Crippen molar-refractivity contribution in [2.75, 3.05) is 17.2 Å². The van der Waals surface area contributed by atoms with Crippen molar-refractivity contribution in [1.29, 1.82) is 0 Å². The van der Waals surface area contributed by atoms with Gasteiger partial charge in [0.25, 0.3) is 0 Å². The molecule has 0 fully saturated rings. The van der Waals surface area contributed by atoms with Crippen molar-refractivity contribution >= 4 is 39.2 Å². The summed E-state index contributed by atoms with van der Waals surface area (Å²) in [4.78, 5) is 23.5. The second-order valence-electron chi connectivity index (χ2n) is 8.39. The highest BCUT2D eigenvalue weighted by Gasteiger charge is 2.14. The molecule has 0 aliphatic rings. The van der Waals surface area contributed by atoms with Gasteiger partial charge in [-0.05, 0) is 62.1 Å². The number of rotatable bonds is 6. The summed E-state index contributed by atoms with van der Waals surface area (Å²) in [5.74, 6) is 1.03. The molecule has 5 rings (SSSR count). The first-order valence-electron chi connectivity index (χ1n) is 11.0. The number of nitrogens with zero attached hydrogens (tertiary/aromatic N) is 2. The minimum Gasteiger partial charge on any atom is -0.423 e. The molecular formula is C26H24FN5O2. The van der Waals surface area contributed by atoms with Crippen LogP contribution < -0.4 is 16.3 Å². The molecule has 8 heteroatoms. The number of aryl methyl sites for hydroxylation is 3. The van der Waals surface area contributed by atoms with E-state index in [1.807, 2.05) is 45.0 Å². The van der Waals surface area contributed by atoms with Gasteiger partial charge in [0.1, 0.15) is 29.4 Å². The second kappa shape index (κ2) is 8.62. The van der Waals surface area contributed by atoms with Crippen LogP contribution in [0.15, 0.2) is 58.0 Å². The van der Waals surface area contributed by atoms with Gasteiger partial charge in [-0.25, -0.2) is 19.2 Å². The summed E-state index contributed by atoms with van der Waals surface area (Å²) in [6.45, 7) is 6.46. The number of halogens is 1. The topological polar surface area (TPSA) is 95.8 Å². The van der Waals surface area contributed by atoms with Crippen LogP contribution in [0.1, 0.15) is 22.4 Å². The first kappa shape index (κ1) is 21.6. The molecule has 172 valence electrons. The van der Waals surface area contributed by atoms with Gasteiger partial charge < -0.3 is 20.0 Å². The summed E-state index contributed by atoms with van der Waals surface area (Å²) < 4.78 is 19.5. The fourth-order valence-electron chi connectivity index (χ4n) is 4.34. The van der Waals surface area contributed by atoms with Crippen molar-refractivity contribution in [3.8, 4) is 0 Å². The molecule has 0 unspecified atom stereocenters. The van der Waals surface area contributed by atoms with Crippen LogP contribution in [0, 0.1) is 26.6 Å². The Balaban J connectivity index is 1.31. The number of hydrogen-bond acceptors (Lipinski definition) is 6. The molecule has 0 radical (unpaired) electrons. The molecule has 2 aromatic carbocycles. The second-order valence-corrected chi connectivity index (χ2v) is 8.39. The third kappa shape index (κ3) is 4.10. The highest BCUT2D eigenvalue weighted by atomic mass is 19.1. The standard InChI is InChI=1S/C26H24FN5O2/c1-14-4-7-20(27)26-25(14)19(16(3)31-26)8-9-28-22-12-23(30-13-29-22)32-17-5-6-18-15(2)10-24(33)34-21(18)11-17/h4-7,10-13,31H,8-9H2,1-3H3,(H2,28,29,30,32). The van der Waals surface area contributed by atoms with Crippen LogP contribution in [-0.2, 0) is 6.42 Å². The number of aromatic amines is 1. The predicted octanol–water partition coefficient (Wildman–Crippen LogP) is 5.53. The zero-order chi connectivity index (χ0) is 23.8. The lowest BCUT2D eigenvalue weighted by atomic mass is 10.0. The minimum absolute atomic E-state index is 0.238. The summed E-state index contributed by atoms with van der Waals surface area (Å²) in [7, 11) is 0. The number of nitrogens with one attached hydrogen (secondary N) is 3. The Morgan fingerprint density at radius 2 is 1.82 bits per heavy atom. The van der Waals surface area contributed by atoms with Crippen LogP contribution in [0.3, 0.4) is 0 Å². The zero-order valence-electron chi connectivity index (χ0n) is 19.1. The Morgan fingerprint density at radius 1 is 1.00 bits per heavy atom. The molecule has 7 nitrogen and oxygen atoms in total. The number of aromatic nitrogens is 3. The van der Waals surface area contributed by atoms with Gasteiger partial charge in [0.15, 0.2) is 0 Å². The third-order valence-corrected chi connectivity index (χ3v) is 6.00. The van der Waals surface area contributed by atoms with E-state index in [2.05, 4.69) is 25.6 Å². The third-order valence-electron chi connectivity index (χ3n) is 6.00. The summed E-state index contributed by atoms with van der Waals surface area (Å²) in [5, 5.41) is 8.38. The van der Waals surface area contributed by atoms with E-state index in [4.69, 9.17) is 4.42 Å². The summed E-state index contributed by atoms with van der Waals surface area (Å²) in [6.07, 6.45) is 2.19. The highest BCUT2D eigenvalue weighted by molar-refractivity contribution is 5.88. The van der Waals surface area contributed by atoms with Gasteiger partial charge in [-0.3, -0.25) is 0 Å². The van der Waals surface area contributed by atoms with Crippen molar-refractivity contribution in [3.63, 3.8) is 0 Å². The molecule has 0 bridgehead atoms. The van der Waals surface area contributed by atoms with Gasteiger partial charge in [0.05, 0.1) is 5.52 Å². The molecule has 0 aliphatic carbocycles. The largest absolute Gasteiger partial charge is 0.423 e. The lowest BCUT2D eigenvalue weighted by molar-refractivity contribution is 0.560. The SMILES string of the molecule is Cc1[nH]c2c(F)ccc(C)c2c1CCNc1cc(Nc2ccc3c(C)cc(=O)oc3c2)ncn1.